The number of hydrogen-bond donors (Lipinski definition) is 1. The SMILES string of the molecule is CC[C@@H](c1ccccc1)n1c(=O)n2n(c1=O)[C@H]1[C@H](O)[C@@H]3O[C@@H]3C(=NOCc3ccccc3)[C@H]1CC2. The fourth-order valence-electron chi connectivity index (χ4n) is 5.72. The molecule has 6 atom stereocenters. The van der Waals surface area contributed by atoms with E-state index < -0.39 is 23.9 Å². The number of rotatable bonds is 6. The average molecular weight is 477 g/mol. The van der Waals surface area contributed by atoms with Crippen LogP contribution in [0.15, 0.2) is 75.4 Å². The van der Waals surface area contributed by atoms with Crippen LogP contribution in [0, 0.1) is 5.92 Å². The minimum absolute atomic E-state index is 0.255. The third-order valence-electron chi connectivity index (χ3n) is 7.45. The van der Waals surface area contributed by atoms with E-state index in [4.69, 9.17) is 9.57 Å². The van der Waals surface area contributed by atoms with Crippen molar-refractivity contribution in [2.75, 3.05) is 0 Å². The summed E-state index contributed by atoms with van der Waals surface area (Å²) in [4.78, 5) is 32.8. The number of ether oxygens (including phenoxy) is 1. The maximum atomic E-state index is 13.7. The lowest BCUT2D eigenvalue weighted by Gasteiger charge is -2.38. The van der Waals surface area contributed by atoms with Crippen molar-refractivity contribution in [1.82, 2.24) is 13.9 Å². The van der Waals surface area contributed by atoms with Crippen LogP contribution in [0.1, 0.15) is 43.0 Å². The second-order valence-corrected chi connectivity index (χ2v) is 9.41. The number of hydrogen-bond acceptors (Lipinski definition) is 6. The smallest absolute Gasteiger partial charge is 0.348 e. The average Bonchev–Trinajstić information content (AvgIpc) is 3.66. The summed E-state index contributed by atoms with van der Waals surface area (Å²) in [5.74, 6) is -0.255. The second kappa shape index (κ2) is 8.66. The van der Waals surface area contributed by atoms with Gasteiger partial charge in [0.1, 0.15) is 24.9 Å². The third-order valence-corrected chi connectivity index (χ3v) is 7.45. The molecule has 3 aliphatic rings. The summed E-state index contributed by atoms with van der Waals surface area (Å²) in [6.07, 6.45) is -0.524. The molecular formula is C26H28N4O5. The summed E-state index contributed by atoms with van der Waals surface area (Å²) in [6.45, 7) is 2.63. The van der Waals surface area contributed by atoms with Gasteiger partial charge in [-0.15, -0.1) is 0 Å². The van der Waals surface area contributed by atoms with Gasteiger partial charge in [0, 0.05) is 12.5 Å². The number of aromatic nitrogens is 3. The predicted molar refractivity (Wildman–Crippen MR) is 128 cm³/mol. The Labute approximate surface area is 201 Å². The monoisotopic (exact) mass is 476 g/mol. The summed E-state index contributed by atoms with van der Waals surface area (Å²) in [5, 5.41) is 15.5. The normalized spacial score (nSPS) is 28.6. The Morgan fingerprint density at radius 3 is 2.51 bits per heavy atom. The van der Waals surface area contributed by atoms with E-state index in [9.17, 15) is 14.7 Å². The van der Waals surface area contributed by atoms with E-state index >= 15 is 0 Å². The fraction of sp³-hybridized carbons (Fsp3) is 0.423. The van der Waals surface area contributed by atoms with Crippen LogP contribution >= 0.6 is 0 Å². The minimum Gasteiger partial charge on any atom is -0.391 e. The number of fused-ring (bicyclic) bond motifs is 4. The van der Waals surface area contributed by atoms with Crippen molar-refractivity contribution in [2.45, 2.75) is 63.3 Å². The van der Waals surface area contributed by atoms with Crippen LogP contribution < -0.4 is 11.4 Å². The number of nitrogens with zero attached hydrogens (tertiary/aromatic N) is 4. The molecule has 1 saturated heterocycles. The molecule has 2 fully saturated rings. The van der Waals surface area contributed by atoms with Gasteiger partial charge in [0.05, 0.1) is 17.8 Å². The molecule has 3 aromatic rings. The zero-order chi connectivity index (χ0) is 24.1. The van der Waals surface area contributed by atoms with E-state index in [2.05, 4.69) is 5.16 Å². The minimum atomic E-state index is -0.908. The highest BCUT2D eigenvalue weighted by Crippen LogP contribution is 2.46. The third kappa shape index (κ3) is 3.57. The van der Waals surface area contributed by atoms with Crippen molar-refractivity contribution >= 4 is 5.71 Å². The fourth-order valence-corrected chi connectivity index (χ4v) is 5.72. The second-order valence-electron chi connectivity index (χ2n) is 9.41. The Morgan fingerprint density at radius 2 is 1.80 bits per heavy atom. The molecule has 182 valence electrons. The molecule has 35 heavy (non-hydrogen) atoms. The van der Waals surface area contributed by atoms with E-state index in [0.717, 1.165) is 11.1 Å². The Bertz CT molecular complexity index is 1360. The van der Waals surface area contributed by atoms with Gasteiger partial charge in [0.15, 0.2) is 0 Å². The van der Waals surface area contributed by atoms with Gasteiger partial charge in [-0.05, 0) is 24.0 Å². The van der Waals surface area contributed by atoms with Crippen LogP contribution in [-0.2, 0) is 22.7 Å². The lowest BCUT2D eigenvalue weighted by Crippen LogP contribution is -2.53. The number of benzene rings is 2. The van der Waals surface area contributed by atoms with E-state index in [-0.39, 0.29) is 23.8 Å². The molecule has 3 heterocycles. The molecule has 1 N–H and O–H groups in total. The Hall–Kier alpha value is -3.43. The molecule has 1 saturated carbocycles. The first kappa shape index (κ1) is 22.1. The summed E-state index contributed by atoms with van der Waals surface area (Å²) in [5.41, 5.74) is 1.84. The van der Waals surface area contributed by atoms with Crippen LogP contribution in [0.4, 0.5) is 0 Å². The van der Waals surface area contributed by atoms with E-state index in [1.54, 1.807) is 0 Å². The molecule has 1 aliphatic carbocycles. The van der Waals surface area contributed by atoms with Crippen LogP contribution in [-0.4, -0.2) is 43.1 Å². The highest BCUT2D eigenvalue weighted by molar-refractivity contribution is 5.94. The van der Waals surface area contributed by atoms with Crippen LogP contribution in [0.2, 0.25) is 0 Å². The Balaban J connectivity index is 1.36. The summed E-state index contributed by atoms with van der Waals surface area (Å²) < 4.78 is 10.0. The molecule has 2 aromatic carbocycles. The first-order valence-corrected chi connectivity index (χ1v) is 12.2. The van der Waals surface area contributed by atoms with E-state index in [0.29, 0.717) is 31.7 Å². The summed E-state index contributed by atoms with van der Waals surface area (Å²) in [7, 11) is 0. The van der Waals surface area contributed by atoms with Crippen molar-refractivity contribution in [1.29, 1.82) is 0 Å². The summed E-state index contributed by atoms with van der Waals surface area (Å²) in [6, 6.07) is 18.3. The molecule has 9 nitrogen and oxygen atoms in total. The van der Waals surface area contributed by atoms with Gasteiger partial charge in [-0.1, -0.05) is 72.7 Å². The van der Waals surface area contributed by atoms with Gasteiger partial charge in [-0.3, -0.25) is 0 Å². The van der Waals surface area contributed by atoms with Gasteiger partial charge in [0.2, 0.25) is 0 Å². The van der Waals surface area contributed by atoms with Crippen molar-refractivity contribution in [3.63, 3.8) is 0 Å². The molecule has 1 aromatic heterocycles. The highest BCUT2D eigenvalue weighted by atomic mass is 16.6. The lowest BCUT2D eigenvalue weighted by atomic mass is 9.78. The van der Waals surface area contributed by atoms with Crippen molar-refractivity contribution in [2.24, 2.45) is 11.1 Å². The van der Waals surface area contributed by atoms with Crippen LogP contribution in [0.25, 0.3) is 0 Å². The number of aliphatic hydroxyl groups excluding tert-OH is 1. The van der Waals surface area contributed by atoms with Gasteiger partial charge < -0.3 is 14.7 Å². The molecule has 2 aliphatic heterocycles. The zero-order valence-electron chi connectivity index (χ0n) is 19.4. The topological polar surface area (TPSA) is 103 Å². The predicted octanol–water partition coefficient (Wildman–Crippen LogP) is 2.09. The maximum absolute atomic E-state index is 13.7. The van der Waals surface area contributed by atoms with Crippen LogP contribution in [0.5, 0.6) is 0 Å². The maximum Gasteiger partial charge on any atom is 0.348 e. The molecule has 0 radical (unpaired) electrons. The molecule has 0 spiro atoms. The number of epoxide rings is 1. The molecule has 0 amide bonds. The Kier molecular flexibility index (Phi) is 5.46. The number of oxime groups is 1. The quantitative estimate of drug-likeness (QED) is 0.434. The summed E-state index contributed by atoms with van der Waals surface area (Å²) >= 11 is 0. The molecule has 9 heteroatoms. The first-order valence-electron chi connectivity index (χ1n) is 12.2. The Morgan fingerprint density at radius 1 is 1.09 bits per heavy atom. The highest BCUT2D eigenvalue weighted by Gasteiger charge is 2.61. The number of aliphatic hydroxyl groups is 1. The lowest BCUT2D eigenvalue weighted by molar-refractivity contribution is 0.0319. The standard InChI is InChI=1S/C26H28N4O5/c1-2-19(17-11-7-4-8-12-17)29-25(32)28-14-13-18-20(27-34-15-16-9-5-3-6-10-16)23-24(35-23)22(31)21(18)30(28)26(29)33/h3-12,18-19,21-24,31H,2,13-15H2,1H3/t18-,19+,21-,22+,23-,24+/m1/s1. The van der Waals surface area contributed by atoms with Gasteiger partial charge >= 0.3 is 11.4 Å². The van der Waals surface area contributed by atoms with Gasteiger partial charge in [0.25, 0.3) is 0 Å². The first-order chi connectivity index (χ1) is 17.1. The van der Waals surface area contributed by atoms with E-state index in [1.807, 2.05) is 67.6 Å². The molecule has 0 bridgehead atoms. The van der Waals surface area contributed by atoms with E-state index in [1.165, 1.54) is 13.9 Å². The van der Waals surface area contributed by atoms with Crippen molar-refractivity contribution < 1.29 is 14.7 Å². The van der Waals surface area contributed by atoms with Gasteiger partial charge in [-0.25, -0.2) is 23.5 Å². The van der Waals surface area contributed by atoms with Crippen molar-refractivity contribution in [3.8, 4) is 0 Å². The molecular weight excluding hydrogens is 448 g/mol. The zero-order valence-corrected chi connectivity index (χ0v) is 19.4. The molecule has 6 rings (SSSR count). The van der Waals surface area contributed by atoms with Crippen LogP contribution in [0.3, 0.4) is 0 Å². The van der Waals surface area contributed by atoms with Gasteiger partial charge in [-0.2, -0.15) is 0 Å². The van der Waals surface area contributed by atoms with Crippen molar-refractivity contribution in [3.05, 3.63) is 92.8 Å². The largest absolute Gasteiger partial charge is 0.391 e. The molecule has 0 unspecified atom stereocenters.